The zero-order valence-corrected chi connectivity index (χ0v) is 33.5. The van der Waals surface area contributed by atoms with E-state index in [0.29, 0.717) is 48.0 Å². The summed E-state index contributed by atoms with van der Waals surface area (Å²) in [6.45, 7) is 10.6. The molecule has 1 aliphatic rings. The van der Waals surface area contributed by atoms with E-state index in [9.17, 15) is 18.3 Å². The lowest BCUT2D eigenvalue weighted by atomic mass is 9.74. The molecule has 11 nitrogen and oxygen atoms in total. The third-order valence-electron chi connectivity index (χ3n) is 10.5. The second-order valence-electron chi connectivity index (χ2n) is 14.3. The Morgan fingerprint density at radius 3 is 2.43 bits per heavy atom. The molecule has 296 valence electrons. The quantitative estimate of drug-likeness (QED) is 0.0919. The number of carboxylic acids is 1. The van der Waals surface area contributed by atoms with Gasteiger partial charge in [0.1, 0.15) is 33.7 Å². The van der Waals surface area contributed by atoms with E-state index in [1.165, 1.54) is 11.4 Å². The first kappa shape index (κ1) is 40.5. The van der Waals surface area contributed by atoms with Crippen LogP contribution in [-0.4, -0.2) is 60.2 Å². The van der Waals surface area contributed by atoms with Crippen molar-refractivity contribution < 1.29 is 37.3 Å². The van der Waals surface area contributed by atoms with Gasteiger partial charge in [-0.2, -0.15) is 4.31 Å². The SMILES string of the molecule is C=C(C)[C@@H]1C[C@@H](c2ccc(OC)c(S(=O)(=O)N(C)Cc3nc4ccccc4n3CC)c2)[C@@H](CCCC)O[C@H]1c1cc(Oc2ccccc2)ccc1OCC(=O)O. The van der Waals surface area contributed by atoms with Crippen LogP contribution in [0.5, 0.6) is 23.0 Å². The van der Waals surface area contributed by atoms with Crippen molar-refractivity contribution in [2.75, 3.05) is 20.8 Å². The number of para-hydroxylation sites is 3. The van der Waals surface area contributed by atoms with E-state index in [1.54, 1.807) is 31.3 Å². The molecule has 0 aliphatic carbocycles. The molecule has 0 radical (unpaired) electrons. The number of ether oxygens (including phenoxy) is 4. The molecule has 2 heterocycles. The first-order valence-electron chi connectivity index (χ1n) is 19.1. The standard InChI is InChI=1S/C44H51N3O8S/c1-7-9-19-39-34(26-33(29(3)4)44(55-39)35-25-32(54-31-15-11-10-12-16-31)21-23-38(35)53-28-43(48)49)30-20-22-40(52-6)41(24-30)56(50,51)46(5)27-42-45-36-17-13-14-18-37(36)47(42)8-2/h10-18,20-25,33-34,39,44H,3,7-9,19,26-28H2,1-2,4-6H3,(H,48,49)/t33-,34-,39+,44+/m0/s1. The molecule has 6 rings (SSSR count). The summed E-state index contributed by atoms with van der Waals surface area (Å²) >= 11 is 0. The average Bonchev–Trinajstić information content (AvgIpc) is 3.56. The number of aromatic nitrogens is 2. The zero-order valence-electron chi connectivity index (χ0n) is 32.7. The van der Waals surface area contributed by atoms with Gasteiger partial charge in [-0.3, -0.25) is 0 Å². The Bertz CT molecular complexity index is 2270. The van der Waals surface area contributed by atoms with Crippen LogP contribution in [0.1, 0.15) is 75.4 Å². The average molecular weight is 782 g/mol. The van der Waals surface area contributed by atoms with Gasteiger partial charge in [0.25, 0.3) is 0 Å². The van der Waals surface area contributed by atoms with Crippen molar-refractivity contribution in [2.45, 2.75) is 82.6 Å². The maximum Gasteiger partial charge on any atom is 0.341 e. The van der Waals surface area contributed by atoms with Gasteiger partial charge in [-0.1, -0.05) is 68.3 Å². The molecule has 4 atom stereocenters. The molecule has 1 saturated heterocycles. The highest BCUT2D eigenvalue weighted by atomic mass is 32.2. The Kier molecular flexibility index (Phi) is 12.8. The van der Waals surface area contributed by atoms with Crippen molar-refractivity contribution in [1.82, 2.24) is 13.9 Å². The maximum absolute atomic E-state index is 14.4. The van der Waals surface area contributed by atoms with Gasteiger partial charge in [0, 0.05) is 31.0 Å². The highest BCUT2D eigenvalue weighted by molar-refractivity contribution is 7.89. The molecule has 1 aliphatic heterocycles. The van der Waals surface area contributed by atoms with Crippen LogP contribution in [0, 0.1) is 5.92 Å². The Morgan fingerprint density at radius 2 is 1.73 bits per heavy atom. The smallest absolute Gasteiger partial charge is 0.341 e. The Hall–Kier alpha value is -5.17. The van der Waals surface area contributed by atoms with E-state index in [0.717, 1.165) is 35.0 Å². The van der Waals surface area contributed by atoms with Gasteiger partial charge >= 0.3 is 5.97 Å². The van der Waals surface area contributed by atoms with Gasteiger partial charge < -0.3 is 28.6 Å². The van der Waals surface area contributed by atoms with Gasteiger partial charge in [0.2, 0.25) is 10.0 Å². The van der Waals surface area contributed by atoms with Crippen LogP contribution in [-0.2, 0) is 32.6 Å². The normalized spacial score (nSPS) is 18.5. The Balaban J connectivity index is 1.36. The number of methoxy groups -OCH3 is 1. The molecular formula is C44H51N3O8S. The van der Waals surface area contributed by atoms with Crippen molar-refractivity contribution in [2.24, 2.45) is 5.92 Å². The summed E-state index contributed by atoms with van der Waals surface area (Å²) < 4.78 is 57.0. The van der Waals surface area contributed by atoms with E-state index < -0.39 is 28.7 Å². The number of benzene rings is 4. The van der Waals surface area contributed by atoms with Crippen LogP contribution < -0.4 is 14.2 Å². The second-order valence-corrected chi connectivity index (χ2v) is 16.3. The largest absolute Gasteiger partial charge is 0.495 e. The number of aliphatic carboxylic acids is 1. The molecule has 1 fully saturated rings. The lowest BCUT2D eigenvalue weighted by molar-refractivity contribution is -0.139. The number of aryl methyl sites for hydroxylation is 1. The molecule has 0 unspecified atom stereocenters. The van der Waals surface area contributed by atoms with E-state index >= 15 is 0 Å². The van der Waals surface area contributed by atoms with Crippen LogP contribution in [0.3, 0.4) is 0 Å². The van der Waals surface area contributed by atoms with E-state index in [1.807, 2.05) is 85.1 Å². The fourth-order valence-corrected chi connectivity index (χ4v) is 8.90. The Morgan fingerprint density at radius 1 is 1.00 bits per heavy atom. The Labute approximate surface area is 329 Å². The minimum atomic E-state index is -4.05. The molecule has 1 N–H and O–H groups in total. The highest BCUT2D eigenvalue weighted by Crippen LogP contribution is 2.50. The lowest BCUT2D eigenvalue weighted by Gasteiger charge is -2.43. The van der Waals surface area contributed by atoms with Crippen LogP contribution in [0.25, 0.3) is 11.0 Å². The molecule has 1 aromatic heterocycles. The third kappa shape index (κ3) is 8.77. The number of unbranched alkanes of at least 4 members (excludes halogenated alkanes) is 1. The van der Waals surface area contributed by atoms with Crippen molar-refractivity contribution in [3.8, 4) is 23.0 Å². The van der Waals surface area contributed by atoms with Crippen molar-refractivity contribution in [1.29, 1.82) is 0 Å². The molecule has 0 bridgehead atoms. The second kappa shape index (κ2) is 17.7. The number of imidazole rings is 1. The van der Waals surface area contributed by atoms with Gasteiger partial charge in [0.15, 0.2) is 6.61 Å². The summed E-state index contributed by atoms with van der Waals surface area (Å²) in [7, 11) is -1.02. The monoisotopic (exact) mass is 781 g/mol. The highest BCUT2D eigenvalue weighted by Gasteiger charge is 2.41. The van der Waals surface area contributed by atoms with E-state index in [4.69, 9.17) is 23.9 Å². The number of sulfonamides is 1. The number of rotatable bonds is 17. The molecular weight excluding hydrogens is 731 g/mol. The summed E-state index contributed by atoms with van der Waals surface area (Å²) in [6.07, 6.45) is 2.27. The predicted octanol–water partition coefficient (Wildman–Crippen LogP) is 9.14. The van der Waals surface area contributed by atoms with Crippen molar-refractivity contribution in [3.05, 3.63) is 120 Å². The fraction of sp³-hybridized carbons (Fsp3) is 0.364. The summed E-state index contributed by atoms with van der Waals surface area (Å²) in [5.41, 5.74) is 4.10. The first-order valence-corrected chi connectivity index (χ1v) is 20.5. The van der Waals surface area contributed by atoms with Crippen molar-refractivity contribution >= 4 is 27.0 Å². The molecule has 0 amide bonds. The fourth-order valence-electron chi connectivity index (χ4n) is 7.59. The maximum atomic E-state index is 14.4. The summed E-state index contributed by atoms with van der Waals surface area (Å²) in [5.74, 6) is 0.960. The van der Waals surface area contributed by atoms with Crippen LogP contribution >= 0.6 is 0 Å². The van der Waals surface area contributed by atoms with Gasteiger partial charge in [-0.25, -0.2) is 18.2 Å². The first-order chi connectivity index (χ1) is 26.9. The summed E-state index contributed by atoms with van der Waals surface area (Å²) in [6, 6.07) is 27.9. The summed E-state index contributed by atoms with van der Waals surface area (Å²) in [4.78, 5) is 16.4. The van der Waals surface area contributed by atoms with Gasteiger partial charge in [0.05, 0.1) is 36.9 Å². The zero-order chi connectivity index (χ0) is 40.0. The van der Waals surface area contributed by atoms with Crippen molar-refractivity contribution in [3.63, 3.8) is 0 Å². The van der Waals surface area contributed by atoms with Crippen LogP contribution in [0.2, 0.25) is 0 Å². The lowest BCUT2D eigenvalue weighted by Crippen LogP contribution is -2.36. The number of carboxylic acid groups (broad SMARTS) is 1. The minimum absolute atomic E-state index is 0.0671. The topological polar surface area (TPSA) is 129 Å². The molecule has 0 spiro atoms. The van der Waals surface area contributed by atoms with Gasteiger partial charge in [-0.15, -0.1) is 0 Å². The number of carbonyl (C=O) groups is 1. The third-order valence-corrected chi connectivity index (χ3v) is 12.3. The number of hydrogen-bond acceptors (Lipinski definition) is 8. The van der Waals surface area contributed by atoms with Crippen LogP contribution in [0.4, 0.5) is 0 Å². The molecule has 12 heteroatoms. The number of nitrogens with zero attached hydrogens (tertiary/aromatic N) is 3. The molecule has 5 aromatic rings. The minimum Gasteiger partial charge on any atom is -0.495 e. The molecule has 0 saturated carbocycles. The summed E-state index contributed by atoms with van der Waals surface area (Å²) in [5, 5.41) is 9.49. The molecule has 4 aromatic carbocycles. The number of hydrogen-bond donors (Lipinski definition) is 1. The predicted molar refractivity (Wildman–Crippen MR) is 216 cm³/mol. The van der Waals surface area contributed by atoms with Gasteiger partial charge in [-0.05, 0) is 86.8 Å². The van der Waals surface area contributed by atoms with Crippen LogP contribution in [0.15, 0.2) is 108 Å². The van der Waals surface area contributed by atoms with E-state index in [-0.39, 0.29) is 35.1 Å². The number of fused-ring (bicyclic) bond motifs is 1. The van der Waals surface area contributed by atoms with E-state index in [2.05, 4.69) is 13.5 Å². The molecule has 56 heavy (non-hydrogen) atoms.